The minimum atomic E-state index is -0.715. The summed E-state index contributed by atoms with van der Waals surface area (Å²) in [6.07, 6.45) is 10.6. The molecule has 2 fully saturated rings. The first-order valence-electron chi connectivity index (χ1n) is 13.3. The molecule has 0 unspecified atom stereocenters. The van der Waals surface area contributed by atoms with Gasteiger partial charge in [-0.1, -0.05) is 46.8 Å². The third-order valence-electron chi connectivity index (χ3n) is 9.30. The number of allylic oxidation sites excluding steroid dienone is 3. The molecule has 0 aromatic carbocycles. The Labute approximate surface area is 206 Å². The molecule has 0 aromatic rings. The van der Waals surface area contributed by atoms with Crippen LogP contribution in [0.4, 0.5) is 0 Å². The van der Waals surface area contributed by atoms with Gasteiger partial charge < -0.3 is 14.9 Å². The molecule has 192 valence electrons. The van der Waals surface area contributed by atoms with Crippen molar-refractivity contribution in [2.45, 2.75) is 98.7 Å². The third-order valence-corrected chi connectivity index (χ3v) is 9.30. The monoisotopic (exact) mass is 474 g/mol. The Bertz CT molecular complexity index is 813. The number of aliphatic hydroxyl groups is 2. The van der Waals surface area contributed by atoms with Crippen LogP contribution in [0.1, 0.15) is 86.5 Å². The maximum absolute atomic E-state index is 14.0. The lowest BCUT2D eigenvalue weighted by atomic mass is 9.55. The summed E-state index contributed by atoms with van der Waals surface area (Å²) in [5, 5.41) is 21.3. The van der Waals surface area contributed by atoms with Gasteiger partial charge in [0.1, 0.15) is 0 Å². The van der Waals surface area contributed by atoms with Gasteiger partial charge in [-0.25, -0.2) is 0 Å². The number of carbonyl (C=O) groups is 2. The first-order chi connectivity index (χ1) is 15.9. The van der Waals surface area contributed by atoms with E-state index >= 15 is 0 Å². The topological polar surface area (TPSA) is 83.8 Å². The Morgan fingerprint density at radius 2 is 1.91 bits per heavy atom. The van der Waals surface area contributed by atoms with Crippen LogP contribution in [-0.2, 0) is 14.3 Å². The van der Waals surface area contributed by atoms with E-state index < -0.39 is 17.6 Å². The number of aliphatic hydroxyl groups excluding tert-OH is 2. The Morgan fingerprint density at radius 1 is 1.21 bits per heavy atom. The maximum Gasteiger partial charge on any atom is 0.302 e. The predicted octanol–water partition coefficient (Wildman–Crippen LogP) is 5.25. The summed E-state index contributed by atoms with van der Waals surface area (Å²) in [5.41, 5.74) is -0.0652. The van der Waals surface area contributed by atoms with Crippen LogP contribution in [0.25, 0.3) is 0 Å². The Balaban J connectivity index is 1.92. The molecule has 8 atom stereocenters. The SMILES string of the molecule is CC(=O)OCC[C@@]1(C)[C@@H]([C@H](C)/C=C/CC(C)C)CC[C@H]1C1=C[C@H](O)[C@H]2C[C@@H](O)CC[C@]2(C)C1=O. The largest absolute Gasteiger partial charge is 0.466 e. The normalized spacial score (nSPS) is 39.3. The van der Waals surface area contributed by atoms with Crippen molar-refractivity contribution in [2.24, 2.45) is 40.4 Å². The van der Waals surface area contributed by atoms with Gasteiger partial charge in [0.15, 0.2) is 5.78 Å². The van der Waals surface area contributed by atoms with Crippen LogP contribution in [0.5, 0.6) is 0 Å². The zero-order chi connectivity index (χ0) is 25.3. The quantitative estimate of drug-likeness (QED) is 0.371. The van der Waals surface area contributed by atoms with E-state index in [-0.39, 0.29) is 29.0 Å². The highest BCUT2D eigenvalue weighted by Crippen LogP contribution is 2.59. The fourth-order valence-electron chi connectivity index (χ4n) is 7.21. The average molecular weight is 475 g/mol. The molecule has 2 N–H and O–H groups in total. The minimum absolute atomic E-state index is 0.0285. The van der Waals surface area contributed by atoms with Crippen LogP contribution in [0.15, 0.2) is 23.8 Å². The van der Waals surface area contributed by atoms with Crippen molar-refractivity contribution in [1.82, 2.24) is 0 Å². The van der Waals surface area contributed by atoms with Crippen LogP contribution >= 0.6 is 0 Å². The lowest BCUT2D eigenvalue weighted by Crippen LogP contribution is -2.52. The number of rotatable bonds is 8. The summed E-state index contributed by atoms with van der Waals surface area (Å²) < 4.78 is 5.37. The maximum atomic E-state index is 14.0. The van der Waals surface area contributed by atoms with Crippen LogP contribution in [0.2, 0.25) is 0 Å². The van der Waals surface area contributed by atoms with Gasteiger partial charge in [0.2, 0.25) is 0 Å². The van der Waals surface area contributed by atoms with Crippen molar-refractivity contribution in [3.63, 3.8) is 0 Å². The second-order valence-corrected chi connectivity index (χ2v) is 12.1. The molecule has 0 saturated heterocycles. The second kappa shape index (κ2) is 10.7. The number of hydrogen-bond acceptors (Lipinski definition) is 5. The molecule has 5 nitrogen and oxygen atoms in total. The molecular formula is C29H46O5. The zero-order valence-corrected chi connectivity index (χ0v) is 22.0. The number of ether oxygens (including phenoxy) is 1. The Hall–Kier alpha value is -1.46. The van der Waals surface area contributed by atoms with Crippen molar-refractivity contribution >= 4 is 11.8 Å². The number of Topliss-reactive ketones (excluding diaryl/α,β-unsaturated/α-hetero) is 1. The third kappa shape index (κ3) is 5.36. The van der Waals surface area contributed by atoms with E-state index in [1.165, 1.54) is 6.92 Å². The summed E-state index contributed by atoms with van der Waals surface area (Å²) in [6, 6.07) is 0. The Kier molecular flexibility index (Phi) is 8.50. The van der Waals surface area contributed by atoms with E-state index in [4.69, 9.17) is 4.74 Å². The second-order valence-electron chi connectivity index (χ2n) is 12.1. The Morgan fingerprint density at radius 3 is 2.56 bits per heavy atom. The minimum Gasteiger partial charge on any atom is -0.466 e. The molecule has 34 heavy (non-hydrogen) atoms. The van der Waals surface area contributed by atoms with Gasteiger partial charge in [0.05, 0.1) is 18.8 Å². The molecule has 0 heterocycles. The van der Waals surface area contributed by atoms with Crippen molar-refractivity contribution < 1.29 is 24.5 Å². The molecule has 3 aliphatic rings. The van der Waals surface area contributed by atoms with E-state index in [0.29, 0.717) is 50.0 Å². The fourth-order valence-corrected chi connectivity index (χ4v) is 7.21. The van der Waals surface area contributed by atoms with Crippen LogP contribution in [-0.4, -0.2) is 40.8 Å². The van der Waals surface area contributed by atoms with E-state index in [2.05, 4.69) is 39.8 Å². The number of esters is 1. The summed E-state index contributed by atoms with van der Waals surface area (Å²) >= 11 is 0. The molecule has 0 bridgehead atoms. The number of fused-ring (bicyclic) bond motifs is 1. The zero-order valence-electron chi connectivity index (χ0n) is 22.0. The standard InChI is InChI=1S/C29H46O5/c1-18(2)8-7-9-19(3)23-10-11-24(28(23,5)14-15-34-20(4)30)22-17-26(32)25-16-21(31)12-13-29(25,6)27(22)33/h7,9,17-19,21,23-26,31-32H,8,10-16H2,1-6H3/b9-7+/t19-,21+,23-,24+,25-,26+,28+,29+/m1/s1. The molecule has 3 rings (SSSR count). The van der Waals surface area contributed by atoms with E-state index in [1.54, 1.807) is 0 Å². The molecule has 0 amide bonds. The highest BCUT2D eigenvalue weighted by atomic mass is 16.5. The highest BCUT2D eigenvalue weighted by molar-refractivity contribution is 6.01. The molecule has 0 aliphatic heterocycles. The van der Waals surface area contributed by atoms with Crippen molar-refractivity contribution in [1.29, 1.82) is 0 Å². The fraction of sp³-hybridized carbons (Fsp3) is 0.793. The van der Waals surface area contributed by atoms with E-state index in [1.807, 2.05) is 13.0 Å². The van der Waals surface area contributed by atoms with E-state index in [0.717, 1.165) is 24.8 Å². The number of hydrogen-bond donors (Lipinski definition) is 2. The van der Waals surface area contributed by atoms with Gasteiger partial charge in [-0.2, -0.15) is 0 Å². The summed E-state index contributed by atoms with van der Waals surface area (Å²) in [5.74, 6) is 1.01. The van der Waals surface area contributed by atoms with Gasteiger partial charge in [-0.3, -0.25) is 9.59 Å². The molecule has 0 aromatic heterocycles. The summed E-state index contributed by atoms with van der Waals surface area (Å²) in [4.78, 5) is 25.4. The predicted molar refractivity (Wildman–Crippen MR) is 134 cm³/mol. The highest BCUT2D eigenvalue weighted by Gasteiger charge is 2.56. The van der Waals surface area contributed by atoms with Gasteiger partial charge >= 0.3 is 5.97 Å². The first kappa shape index (κ1) is 27.1. The van der Waals surface area contributed by atoms with Crippen LogP contribution < -0.4 is 0 Å². The average Bonchev–Trinajstić information content (AvgIpc) is 3.08. The molecule has 2 saturated carbocycles. The molecular weight excluding hydrogens is 428 g/mol. The molecule has 3 aliphatic carbocycles. The van der Waals surface area contributed by atoms with E-state index in [9.17, 15) is 19.8 Å². The smallest absolute Gasteiger partial charge is 0.302 e. The number of carbonyl (C=O) groups excluding carboxylic acids is 2. The van der Waals surface area contributed by atoms with Crippen LogP contribution in [0.3, 0.4) is 0 Å². The van der Waals surface area contributed by atoms with Crippen molar-refractivity contribution in [2.75, 3.05) is 6.61 Å². The number of ketones is 1. The lowest BCUT2D eigenvalue weighted by Gasteiger charge is -2.49. The van der Waals surface area contributed by atoms with Gasteiger partial charge in [0, 0.05) is 18.3 Å². The first-order valence-corrected chi connectivity index (χ1v) is 13.3. The van der Waals surface area contributed by atoms with Crippen molar-refractivity contribution in [3.8, 4) is 0 Å². The van der Waals surface area contributed by atoms with Crippen LogP contribution in [0, 0.1) is 40.4 Å². The molecule has 0 radical (unpaired) electrons. The van der Waals surface area contributed by atoms with Gasteiger partial charge in [-0.15, -0.1) is 0 Å². The van der Waals surface area contributed by atoms with Gasteiger partial charge in [-0.05, 0) is 85.7 Å². The van der Waals surface area contributed by atoms with Crippen molar-refractivity contribution in [3.05, 3.63) is 23.8 Å². The summed E-state index contributed by atoms with van der Waals surface area (Å²) in [7, 11) is 0. The summed E-state index contributed by atoms with van der Waals surface area (Å²) in [6.45, 7) is 12.7. The lowest BCUT2D eigenvalue weighted by molar-refractivity contribution is -0.143. The van der Waals surface area contributed by atoms with Gasteiger partial charge in [0.25, 0.3) is 0 Å². The molecule has 5 heteroatoms. The molecule has 0 spiro atoms.